The van der Waals surface area contributed by atoms with Crippen molar-refractivity contribution in [3.8, 4) is 28.1 Å². The van der Waals surface area contributed by atoms with Crippen LogP contribution >= 0.6 is 0 Å². The van der Waals surface area contributed by atoms with Crippen molar-refractivity contribution in [3.05, 3.63) is 211 Å². The Morgan fingerprint density at radius 2 is 1.24 bits per heavy atom. The zero-order valence-corrected chi connectivity index (χ0v) is 34.3. The van der Waals surface area contributed by atoms with Crippen molar-refractivity contribution in [2.24, 2.45) is 0 Å². The number of pyridine rings is 1. The van der Waals surface area contributed by atoms with Gasteiger partial charge in [0, 0.05) is 61.0 Å². The molecule has 4 nitrogen and oxygen atoms in total. The molecule has 2 aromatic heterocycles. The summed E-state index contributed by atoms with van der Waals surface area (Å²) in [6.07, 6.45) is 1.90. The second-order valence-electron chi connectivity index (χ2n) is 14.7. The summed E-state index contributed by atoms with van der Waals surface area (Å²) >= 11 is 0. The van der Waals surface area contributed by atoms with Gasteiger partial charge in [-0.2, -0.15) is 53.6 Å². The van der Waals surface area contributed by atoms with Crippen LogP contribution in [0, 0.1) is 32.6 Å². The second kappa shape index (κ2) is 14.9. The SMILES string of the molecule is [2H]c1c([2H])c([2H])c(-c2cccc(-c3c([2H])c([2H])c([2H])c([2H])c3[2H])c2N2[CH-]N(c3[c-]c(C(C)(C)c4[c-]c5c(cc4)c4ccccc4n5-c4cc(C)c(C)cn4)ccc3)c3ccccc32)c([2H])c1[2H].[Pt]. The third kappa shape index (κ3) is 6.24. The summed E-state index contributed by atoms with van der Waals surface area (Å²) in [6, 6.07) is 35.5. The van der Waals surface area contributed by atoms with Gasteiger partial charge in [0.25, 0.3) is 0 Å². The summed E-state index contributed by atoms with van der Waals surface area (Å²) < 4.78 is 89.3. The molecule has 0 unspecified atom stereocenters. The second-order valence-corrected chi connectivity index (χ2v) is 14.7. The summed E-state index contributed by atoms with van der Waals surface area (Å²) in [5.74, 6) is 0.810. The first-order valence-corrected chi connectivity index (χ1v) is 18.7. The van der Waals surface area contributed by atoms with Crippen LogP contribution in [0.5, 0.6) is 0 Å². The van der Waals surface area contributed by atoms with Crippen LogP contribution in [-0.4, -0.2) is 9.55 Å². The molecule has 0 bridgehead atoms. The molecule has 3 heterocycles. The number of aromatic nitrogens is 2. The van der Waals surface area contributed by atoms with Crippen molar-refractivity contribution in [2.75, 3.05) is 9.80 Å². The van der Waals surface area contributed by atoms with Gasteiger partial charge >= 0.3 is 0 Å². The Hall–Kier alpha value is -6.22. The molecule has 0 saturated heterocycles. The first-order valence-electron chi connectivity index (χ1n) is 23.7. The number of anilines is 4. The van der Waals surface area contributed by atoms with Crippen molar-refractivity contribution in [1.82, 2.24) is 9.55 Å². The van der Waals surface area contributed by atoms with Crippen molar-refractivity contribution < 1.29 is 34.8 Å². The van der Waals surface area contributed by atoms with Gasteiger partial charge < -0.3 is 14.4 Å². The molecule has 0 saturated carbocycles. The van der Waals surface area contributed by atoms with Gasteiger partial charge in [-0.15, -0.1) is 17.7 Å². The molecule has 0 spiro atoms. The zero-order valence-electron chi connectivity index (χ0n) is 42.1. The van der Waals surface area contributed by atoms with E-state index in [9.17, 15) is 0 Å². The molecule has 0 amide bonds. The Balaban J connectivity index is 0.00000578. The summed E-state index contributed by atoms with van der Waals surface area (Å²) in [5, 5.41) is 2.16. The number of para-hydroxylation sites is 4. The molecule has 58 heavy (non-hydrogen) atoms. The Morgan fingerprint density at radius 3 is 1.93 bits per heavy atom. The number of rotatable bonds is 7. The number of hydrogen-bond acceptors (Lipinski definition) is 3. The van der Waals surface area contributed by atoms with Crippen molar-refractivity contribution >= 4 is 44.6 Å². The van der Waals surface area contributed by atoms with Gasteiger partial charge in [-0.1, -0.05) is 128 Å². The van der Waals surface area contributed by atoms with E-state index < -0.39 is 65.8 Å². The van der Waals surface area contributed by atoms with E-state index in [4.69, 9.17) is 18.7 Å². The van der Waals surface area contributed by atoms with Crippen LogP contribution in [0.2, 0.25) is 0 Å². The molecular formula is C53H41N4Pt-3. The van der Waals surface area contributed by atoms with E-state index in [0.717, 1.165) is 55.6 Å². The predicted octanol–water partition coefficient (Wildman–Crippen LogP) is 13.5. The fourth-order valence-electron chi connectivity index (χ4n) is 7.79. The number of hydrogen-bond donors (Lipinski definition) is 0. The summed E-state index contributed by atoms with van der Waals surface area (Å²) in [4.78, 5) is 8.58. The number of aryl methyl sites for hydroxylation is 2. The van der Waals surface area contributed by atoms with E-state index in [1.165, 1.54) is 0 Å². The number of fused-ring (bicyclic) bond motifs is 4. The van der Waals surface area contributed by atoms with Crippen LogP contribution < -0.4 is 9.80 Å². The van der Waals surface area contributed by atoms with Crippen LogP contribution in [0.25, 0.3) is 49.9 Å². The van der Waals surface area contributed by atoms with Crippen LogP contribution in [0.3, 0.4) is 0 Å². The average molecular weight is 939 g/mol. The number of benzene rings is 7. The molecule has 7 aromatic carbocycles. The maximum absolute atomic E-state index is 9.03. The zero-order chi connectivity index (χ0) is 47.4. The first-order chi connectivity index (χ1) is 32.0. The van der Waals surface area contributed by atoms with Gasteiger partial charge in [-0.25, -0.2) is 4.98 Å². The minimum Gasteiger partial charge on any atom is -0.493 e. The van der Waals surface area contributed by atoms with Crippen molar-refractivity contribution in [3.63, 3.8) is 0 Å². The maximum Gasteiger partial charge on any atom is 0.135 e. The van der Waals surface area contributed by atoms with Gasteiger partial charge in [0.15, 0.2) is 0 Å². The normalized spacial score (nSPS) is 15.0. The minimum absolute atomic E-state index is 0. The molecule has 0 aliphatic carbocycles. The predicted molar refractivity (Wildman–Crippen MR) is 237 cm³/mol. The number of nitrogens with zero attached hydrogens (tertiary/aromatic N) is 4. The molecule has 1 aliphatic heterocycles. The van der Waals surface area contributed by atoms with E-state index in [0.29, 0.717) is 11.4 Å². The van der Waals surface area contributed by atoms with Crippen LogP contribution in [0.15, 0.2) is 170 Å². The van der Waals surface area contributed by atoms with Gasteiger partial charge in [0.1, 0.15) is 5.82 Å². The van der Waals surface area contributed by atoms with Crippen LogP contribution in [-0.2, 0) is 26.5 Å². The Kier molecular flexibility index (Phi) is 7.06. The maximum atomic E-state index is 9.03. The standard InChI is InChI=1S/C53H41N4.Pt/c1-36-31-51(54-34-37(36)2)57-47-26-12-11-23-45(47)46-30-29-41(33-50(46)57)53(3,4)40-21-15-22-42(32-40)55-35-56(49-28-14-13-27-48(49)55)52-43(38-17-7-5-8-18-38)24-16-25-44(52)39-19-9-6-10-20-39;/h5-31,34-35H,1-4H3;/q-3;/i5D,6D,7D,8D,9D,10D,17D,18D,19D,20D;. The molecule has 0 N–H and O–H groups in total. The monoisotopic (exact) mass is 938 g/mol. The van der Waals surface area contributed by atoms with Crippen LogP contribution in [0.1, 0.15) is 49.8 Å². The molecule has 1 aliphatic rings. The fourth-order valence-corrected chi connectivity index (χ4v) is 7.79. The van der Waals surface area contributed by atoms with E-state index in [1.807, 2.05) is 65.7 Å². The van der Waals surface area contributed by atoms with Gasteiger partial charge in [-0.05, 0) is 71.2 Å². The Morgan fingerprint density at radius 1 is 0.621 bits per heavy atom. The fraction of sp³-hybridized carbons (Fsp3) is 0.0943. The molecule has 286 valence electrons. The summed E-state index contributed by atoms with van der Waals surface area (Å²) in [6.45, 7) is 10.2. The van der Waals surface area contributed by atoms with E-state index in [1.54, 1.807) is 29.8 Å². The molecule has 0 radical (unpaired) electrons. The topological polar surface area (TPSA) is 24.3 Å². The van der Waals surface area contributed by atoms with E-state index >= 15 is 0 Å². The van der Waals surface area contributed by atoms with E-state index in [-0.39, 0.29) is 49.0 Å². The molecule has 10 rings (SSSR count). The average Bonchev–Trinajstić information content (AvgIpc) is 3.88. The first kappa shape index (κ1) is 27.4. The van der Waals surface area contributed by atoms with Crippen LogP contribution in [0.4, 0.5) is 22.7 Å². The Labute approximate surface area is 369 Å². The Bertz CT molecular complexity index is 3410. The molecule has 5 heteroatoms. The van der Waals surface area contributed by atoms with Crippen molar-refractivity contribution in [2.45, 2.75) is 33.1 Å². The van der Waals surface area contributed by atoms with Crippen molar-refractivity contribution in [1.29, 1.82) is 0 Å². The largest absolute Gasteiger partial charge is 0.493 e. The summed E-state index contributed by atoms with van der Waals surface area (Å²) in [5.41, 5.74) is 7.83. The third-order valence-electron chi connectivity index (χ3n) is 11.0. The van der Waals surface area contributed by atoms with E-state index in [2.05, 4.69) is 74.7 Å². The molecular weight excluding hydrogens is 888 g/mol. The third-order valence-corrected chi connectivity index (χ3v) is 11.0. The molecule has 0 fully saturated rings. The molecule has 0 atom stereocenters. The van der Waals surface area contributed by atoms with Gasteiger partial charge in [0.05, 0.1) is 13.7 Å². The molecule has 9 aromatic rings. The summed E-state index contributed by atoms with van der Waals surface area (Å²) in [7, 11) is 0. The smallest absolute Gasteiger partial charge is 0.135 e. The minimum atomic E-state index is -0.622. The van der Waals surface area contributed by atoms with Gasteiger partial charge in [-0.3, -0.25) is 0 Å². The quantitative estimate of drug-likeness (QED) is 0.149. The van der Waals surface area contributed by atoms with Gasteiger partial charge in [0.2, 0.25) is 0 Å².